The number of ketones is 1. The van der Waals surface area contributed by atoms with E-state index in [1.165, 1.54) is 17.6 Å². The number of Topliss-reactive ketones (excluding diaryl/α,β-unsaturated/α-hetero) is 1. The van der Waals surface area contributed by atoms with Crippen LogP contribution in [0.4, 0.5) is 0 Å². The van der Waals surface area contributed by atoms with Gasteiger partial charge < -0.3 is 10.8 Å². The summed E-state index contributed by atoms with van der Waals surface area (Å²) < 4.78 is 0. The fraction of sp³-hybridized carbons (Fsp3) is 0.533. The normalized spacial score (nSPS) is 33.1. The number of carbonyl (C=O) groups is 1. The summed E-state index contributed by atoms with van der Waals surface area (Å²) in [6, 6.07) is 0. The molecule has 3 N–H and O–H groups in total. The summed E-state index contributed by atoms with van der Waals surface area (Å²) in [7, 11) is 0. The lowest BCUT2D eigenvalue weighted by Gasteiger charge is -2.22. The molecule has 0 aromatic rings. The van der Waals surface area contributed by atoms with Crippen LogP contribution in [0.5, 0.6) is 0 Å². The first-order valence-electron chi connectivity index (χ1n) is 6.70. The third-order valence-corrected chi connectivity index (χ3v) is 4.29. The largest absolute Gasteiger partial charge is 0.395 e. The Bertz CT molecular complexity index is 473. The molecule has 96 valence electrons. The van der Waals surface area contributed by atoms with Gasteiger partial charge in [0.2, 0.25) is 0 Å². The van der Waals surface area contributed by atoms with Gasteiger partial charge in [0.25, 0.3) is 0 Å². The van der Waals surface area contributed by atoms with E-state index >= 15 is 0 Å². The Morgan fingerprint density at radius 2 is 2.17 bits per heavy atom. The summed E-state index contributed by atoms with van der Waals surface area (Å²) in [5, 5.41) is 8.90. The quantitative estimate of drug-likeness (QED) is 0.768. The lowest BCUT2D eigenvalue weighted by molar-refractivity contribution is -0.121. The molecule has 3 aliphatic rings. The number of allylic oxidation sites excluding steroid dienone is 4. The molecule has 3 unspecified atom stereocenters. The Morgan fingerprint density at radius 3 is 2.83 bits per heavy atom. The van der Waals surface area contributed by atoms with Crippen molar-refractivity contribution in [3.8, 4) is 0 Å². The molecule has 3 atom stereocenters. The van der Waals surface area contributed by atoms with Crippen molar-refractivity contribution in [3.63, 3.8) is 0 Å². The van der Waals surface area contributed by atoms with Gasteiger partial charge in [-0.3, -0.25) is 4.79 Å². The Hall–Kier alpha value is -1.19. The fourth-order valence-corrected chi connectivity index (χ4v) is 3.02. The molecule has 0 amide bonds. The van der Waals surface area contributed by atoms with E-state index in [4.69, 9.17) is 10.8 Å². The van der Waals surface area contributed by atoms with E-state index in [2.05, 4.69) is 12.2 Å². The van der Waals surface area contributed by atoms with Crippen LogP contribution >= 0.6 is 0 Å². The Kier molecular flexibility index (Phi) is 2.96. The van der Waals surface area contributed by atoms with Gasteiger partial charge >= 0.3 is 0 Å². The van der Waals surface area contributed by atoms with E-state index in [1.54, 1.807) is 0 Å². The van der Waals surface area contributed by atoms with E-state index in [1.807, 2.05) is 6.08 Å². The van der Waals surface area contributed by atoms with Gasteiger partial charge in [0.05, 0.1) is 12.5 Å². The smallest absolute Gasteiger partial charge is 0.167 e. The highest BCUT2D eigenvalue weighted by Crippen LogP contribution is 2.49. The second-order valence-corrected chi connectivity index (χ2v) is 5.52. The minimum atomic E-state index is -0.233. The van der Waals surface area contributed by atoms with Gasteiger partial charge in [-0.25, -0.2) is 0 Å². The summed E-state index contributed by atoms with van der Waals surface area (Å²) in [6.45, 7) is 0.610. The van der Waals surface area contributed by atoms with E-state index in [0.717, 1.165) is 18.4 Å². The first-order chi connectivity index (χ1) is 8.72. The van der Waals surface area contributed by atoms with Gasteiger partial charge in [0.15, 0.2) is 5.78 Å². The van der Waals surface area contributed by atoms with E-state index in [0.29, 0.717) is 18.4 Å². The number of hydrogen-bond donors (Lipinski definition) is 2. The lowest BCUT2D eigenvalue weighted by Crippen LogP contribution is -2.27. The van der Waals surface area contributed by atoms with Crippen molar-refractivity contribution in [1.29, 1.82) is 0 Å². The third kappa shape index (κ3) is 1.98. The highest BCUT2D eigenvalue weighted by atomic mass is 16.3. The maximum atomic E-state index is 11.6. The van der Waals surface area contributed by atoms with Gasteiger partial charge in [0.1, 0.15) is 0 Å². The molecule has 3 nitrogen and oxygen atoms in total. The zero-order chi connectivity index (χ0) is 12.7. The van der Waals surface area contributed by atoms with Crippen LogP contribution in [0.25, 0.3) is 0 Å². The van der Waals surface area contributed by atoms with Crippen LogP contribution in [0.3, 0.4) is 0 Å². The topological polar surface area (TPSA) is 63.3 Å². The summed E-state index contributed by atoms with van der Waals surface area (Å²) in [5.41, 5.74) is 9.33. The number of aliphatic hydroxyl groups is 1. The fourth-order valence-electron chi connectivity index (χ4n) is 3.02. The number of aliphatic hydroxyl groups excluding tert-OH is 1. The SMILES string of the molecule is NCC1=CC(CCC2=CC(CO)C2=O)=CC2CC12. The predicted molar refractivity (Wildman–Crippen MR) is 69.7 cm³/mol. The number of nitrogens with two attached hydrogens (primary N) is 1. The standard InChI is InChI=1S/C15H19NO2/c16-7-12-4-9(3-11-6-14(11)12)1-2-10-5-13(8-17)15(10)18/h3-5,11,13-14,17H,1-2,6-8,16H2. The Morgan fingerprint density at radius 1 is 1.33 bits per heavy atom. The van der Waals surface area contributed by atoms with Crippen molar-refractivity contribution >= 4 is 5.78 Å². The van der Waals surface area contributed by atoms with Gasteiger partial charge in [-0.2, -0.15) is 0 Å². The first-order valence-corrected chi connectivity index (χ1v) is 6.70. The molecule has 0 bridgehead atoms. The minimum Gasteiger partial charge on any atom is -0.395 e. The van der Waals surface area contributed by atoms with Crippen LogP contribution in [-0.4, -0.2) is 24.0 Å². The molecule has 3 heteroatoms. The molecule has 3 rings (SSSR count). The summed E-state index contributed by atoms with van der Waals surface area (Å²) in [4.78, 5) is 11.6. The molecule has 0 spiro atoms. The molecule has 0 aromatic carbocycles. The first kappa shape index (κ1) is 11.9. The average molecular weight is 245 g/mol. The minimum absolute atomic E-state index is 0.0496. The van der Waals surface area contributed by atoms with Crippen molar-refractivity contribution in [2.75, 3.05) is 13.2 Å². The maximum Gasteiger partial charge on any atom is 0.167 e. The van der Waals surface area contributed by atoms with Crippen LogP contribution in [0.2, 0.25) is 0 Å². The van der Waals surface area contributed by atoms with Crippen LogP contribution in [0.1, 0.15) is 19.3 Å². The molecule has 0 aromatic heterocycles. The molecular formula is C15H19NO2. The number of carbonyl (C=O) groups excluding carboxylic acids is 1. The van der Waals surface area contributed by atoms with Crippen molar-refractivity contribution < 1.29 is 9.90 Å². The summed E-state index contributed by atoms with van der Waals surface area (Å²) in [5.74, 6) is 1.31. The van der Waals surface area contributed by atoms with Crippen molar-refractivity contribution in [2.24, 2.45) is 23.5 Å². The molecule has 3 aliphatic carbocycles. The molecule has 1 saturated carbocycles. The number of rotatable bonds is 5. The Balaban J connectivity index is 1.59. The van der Waals surface area contributed by atoms with Gasteiger partial charge in [-0.15, -0.1) is 0 Å². The zero-order valence-electron chi connectivity index (χ0n) is 10.4. The highest BCUT2D eigenvalue weighted by molar-refractivity contribution is 6.04. The van der Waals surface area contributed by atoms with E-state index in [-0.39, 0.29) is 18.3 Å². The maximum absolute atomic E-state index is 11.6. The summed E-state index contributed by atoms with van der Waals surface area (Å²) in [6.07, 6.45) is 9.44. The second kappa shape index (κ2) is 4.48. The van der Waals surface area contributed by atoms with E-state index in [9.17, 15) is 4.79 Å². The van der Waals surface area contributed by atoms with Crippen molar-refractivity contribution in [3.05, 3.63) is 34.9 Å². The average Bonchev–Trinajstić information content (AvgIpc) is 3.15. The van der Waals surface area contributed by atoms with Crippen LogP contribution in [0.15, 0.2) is 34.9 Å². The molecule has 0 saturated heterocycles. The van der Waals surface area contributed by atoms with Gasteiger partial charge in [0, 0.05) is 6.54 Å². The molecule has 0 radical (unpaired) electrons. The van der Waals surface area contributed by atoms with Crippen LogP contribution in [-0.2, 0) is 4.79 Å². The third-order valence-electron chi connectivity index (χ3n) is 4.29. The van der Waals surface area contributed by atoms with E-state index < -0.39 is 0 Å². The van der Waals surface area contributed by atoms with Crippen molar-refractivity contribution in [2.45, 2.75) is 19.3 Å². The number of fused-ring (bicyclic) bond motifs is 1. The monoisotopic (exact) mass is 245 g/mol. The molecule has 0 aliphatic heterocycles. The zero-order valence-corrected chi connectivity index (χ0v) is 10.4. The van der Waals surface area contributed by atoms with Gasteiger partial charge in [-0.05, 0) is 36.7 Å². The second-order valence-electron chi connectivity index (χ2n) is 5.52. The summed E-state index contributed by atoms with van der Waals surface area (Å²) >= 11 is 0. The van der Waals surface area contributed by atoms with Crippen LogP contribution < -0.4 is 5.73 Å². The predicted octanol–water partition coefficient (Wildman–Crippen LogP) is 1.35. The van der Waals surface area contributed by atoms with Gasteiger partial charge in [-0.1, -0.05) is 29.4 Å². The van der Waals surface area contributed by atoms with Crippen molar-refractivity contribution in [1.82, 2.24) is 0 Å². The molecule has 0 heterocycles. The molecule has 18 heavy (non-hydrogen) atoms. The molecule has 1 fully saturated rings. The lowest BCUT2D eigenvalue weighted by atomic mass is 9.82. The molecular weight excluding hydrogens is 226 g/mol. The van der Waals surface area contributed by atoms with Crippen LogP contribution in [0, 0.1) is 17.8 Å². The number of hydrogen-bond acceptors (Lipinski definition) is 3. The highest BCUT2D eigenvalue weighted by Gasteiger charge is 2.39. The Labute approximate surface area is 107 Å².